The van der Waals surface area contributed by atoms with Crippen LogP contribution in [0, 0.1) is 10.1 Å². The Morgan fingerprint density at radius 2 is 2.10 bits per heavy atom. The van der Waals surface area contributed by atoms with Crippen molar-refractivity contribution in [2.45, 2.75) is 43.4 Å². The molecule has 1 aliphatic carbocycles. The fourth-order valence-electron chi connectivity index (χ4n) is 4.29. The molecule has 3 heterocycles. The van der Waals surface area contributed by atoms with Gasteiger partial charge in [0.05, 0.1) is 23.9 Å². The van der Waals surface area contributed by atoms with Gasteiger partial charge in [-0.25, -0.2) is 15.0 Å². The molecule has 0 radical (unpaired) electrons. The van der Waals surface area contributed by atoms with Gasteiger partial charge in [0.25, 0.3) is 5.69 Å². The number of nitro groups is 1. The predicted molar refractivity (Wildman–Crippen MR) is 106 cm³/mol. The smallest absolute Gasteiger partial charge is 0.269 e. The van der Waals surface area contributed by atoms with Crippen LogP contribution in [0.5, 0.6) is 0 Å². The Morgan fingerprint density at radius 1 is 1.26 bits per heavy atom. The summed E-state index contributed by atoms with van der Waals surface area (Å²) in [6.45, 7) is -0.428. The van der Waals surface area contributed by atoms with Crippen LogP contribution < -0.4 is 5.32 Å². The van der Waals surface area contributed by atoms with Gasteiger partial charge in [0, 0.05) is 12.1 Å². The number of ether oxygens (including phenoxy) is 1. The molecule has 2 aromatic heterocycles. The quantitative estimate of drug-likeness (QED) is 0.330. The van der Waals surface area contributed by atoms with Gasteiger partial charge >= 0.3 is 0 Å². The molecule has 0 amide bonds. The molecule has 4 N–H and O–H groups in total. The van der Waals surface area contributed by atoms with Gasteiger partial charge in [-0.2, -0.15) is 0 Å². The Kier molecular flexibility index (Phi) is 4.78. The first kappa shape index (κ1) is 19.8. The lowest BCUT2D eigenvalue weighted by Crippen LogP contribution is -2.33. The molecule has 5 rings (SSSR count). The molecule has 1 aliphatic heterocycles. The number of imidazole rings is 1. The maximum Gasteiger partial charge on any atom is 0.269 e. The van der Waals surface area contributed by atoms with Crippen LogP contribution in [0.15, 0.2) is 30.9 Å². The normalized spacial score (nSPS) is 27.5. The van der Waals surface area contributed by atoms with Crippen LogP contribution >= 0.6 is 0 Å². The van der Waals surface area contributed by atoms with Crippen LogP contribution in [-0.4, -0.2) is 64.7 Å². The van der Waals surface area contributed by atoms with E-state index in [1.807, 2.05) is 0 Å². The molecule has 0 bridgehead atoms. The lowest BCUT2D eigenvalue weighted by molar-refractivity contribution is -0.384. The monoisotopic (exact) mass is 428 g/mol. The first-order valence-corrected chi connectivity index (χ1v) is 9.81. The molecule has 2 aliphatic rings. The molecule has 0 spiro atoms. The first-order valence-electron chi connectivity index (χ1n) is 9.81. The summed E-state index contributed by atoms with van der Waals surface area (Å²) in [6.07, 6.45) is -0.0858. The lowest BCUT2D eigenvalue weighted by Gasteiger charge is -2.17. The highest BCUT2D eigenvalue weighted by Crippen LogP contribution is 2.37. The van der Waals surface area contributed by atoms with Crippen LogP contribution in [0.2, 0.25) is 0 Å². The second kappa shape index (κ2) is 7.50. The fraction of sp³-hybridized carbons (Fsp3) is 0.421. The molecule has 5 atom stereocenters. The summed E-state index contributed by atoms with van der Waals surface area (Å²) < 4.78 is 7.07. The van der Waals surface area contributed by atoms with E-state index >= 15 is 0 Å². The van der Waals surface area contributed by atoms with E-state index in [1.54, 1.807) is 12.1 Å². The van der Waals surface area contributed by atoms with Gasteiger partial charge in [-0.15, -0.1) is 0 Å². The minimum Gasteiger partial charge on any atom is -0.394 e. The van der Waals surface area contributed by atoms with E-state index < -0.39 is 36.1 Å². The zero-order valence-electron chi connectivity index (χ0n) is 16.2. The van der Waals surface area contributed by atoms with Crippen molar-refractivity contribution in [3.63, 3.8) is 0 Å². The highest BCUT2D eigenvalue weighted by atomic mass is 16.6. The second-order valence-corrected chi connectivity index (χ2v) is 7.65. The SMILES string of the molecule is O=[N+]([O-])c1ccc2c(c1)CCC2Nc1ncnc2c1ncn2[C@@H]1O[C@H](CO)[C@@H](O)[C@H]1O. The average molecular weight is 428 g/mol. The molecule has 12 nitrogen and oxygen atoms in total. The van der Waals surface area contributed by atoms with Gasteiger partial charge in [0.1, 0.15) is 24.6 Å². The van der Waals surface area contributed by atoms with Gasteiger partial charge in [-0.1, -0.05) is 0 Å². The minimum absolute atomic E-state index is 0.0704. The molecule has 1 fully saturated rings. The van der Waals surface area contributed by atoms with Gasteiger partial charge in [-0.05, 0) is 30.0 Å². The van der Waals surface area contributed by atoms with E-state index in [4.69, 9.17) is 4.74 Å². The number of aliphatic hydroxyl groups is 3. The Labute approximate surface area is 175 Å². The Hall–Kier alpha value is -3.19. The van der Waals surface area contributed by atoms with E-state index in [0.29, 0.717) is 23.4 Å². The Balaban J connectivity index is 1.44. The van der Waals surface area contributed by atoms with Crippen molar-refractivity contribution in [2.24, 2.45) is 0 Å². The Bertz CT molecular complexity index is 1150. The average Bonchev–Trinajstić information content (AvgIpc) is 3.45. The highest BCUT2D eigenvalue weighted by Gasteiger charge is 2.44. The zero-order chi connectivity index (χ0) is 21.7. The van der Waals surface area contributed by atoms with Crippen LogP contribution in [0.4, 0.5) is 11.5 Å². The molecular formula is C19H20N6O6. The maximum absolute atomic E-state index is 11.0. The van der Waals surface area contributed by atoms with Crippen molar-refractivity contribution in [3.8, 4) is 0 Å². The van der Waals surface area contributed by atoms with Gasteiger partial charge in [0.15, 0.2) is 23.2 Å². The third-order valence-corrected chi connectivity index (χ3v) is 5.88. The maximum atomic E-state index is 11.0. The number of nitrogens with one attached hydrogen (secondary N) is 1. The van der Waals surface area contributed by atoms with Gasteiger partial charge in [-0.3, -0.25) is 14.7 Å². The molecule has 12 heteroatoms. The van der Waals surface area contributed by atoms with Crippen LogP contribution in [0.1, 0.15) is 29.8 Å². The van der Waals surface area contributed by atoms with Crippen molar-refractivity contribution in [3.05, 3.63) is 52.1 Å². The lowest BCUT2D eigenvalue weighted by atomic mass is 10.1. The summed E-state index contributed by atoms with van der Waals surface area (Å²) in [5.74, 6) is 0.478. The summed E-state index contributed by atoms with van der Waals surface area (Å²) in [4.78, 5) is 23.5. The number of hydrogen-bond donors (Lipinski definition) is 4. The second-order valence-electron chi connectivity index (χ2n) is 7.65. The molecular weight excluding hydrogens is 408 g/mol. The summed E-state index contributed by atoms with van der Waals surface area (Å²) in [5, 5.41) is 44.0. The topological polar surface area (TPSA) is 169 Å². The number of rotatable bonds is 5. The molecule has 1 saturated heterocycles. The van der Waals surface area contributed by atoms with Crippen molar-refractivity contribution in [1.82, 2.24) is 19.5 Å². The molecule has 3 aromatic rings. The molecule has 162 valence electrons. The first-order chi connectivity index (χ1) is 15.0. The number of fused-ring (bicyclic) bond motifs is 2. The largest absolute Gasteiger partial charge is 0.394 e. The van der Waals surface area contributed by atoms with Crippen molar-refractivity contribution < 1.29 is 25.0 Å². The number of aryl methyl sites for hydroxylation is 1. The number of aliphatic hydroxyl groups excluding tert-OH is 3. The predicted octanol–water partition coefficient (Wildman–Crippen LogP) is 0.445. The number of nitrogens with zero attached hydrogens (tertiary/aromatic N) is 5. The van der Waals surface area contributed by atoms with E-state index in [1.165, 1.54) is 23.3 Å². The standard InChI is InChI=1S/C19H20N6O6/c26-6-13-15(27)16(28)19(31-13)24-8-22-14-17(20-7-21-18(14)24)23-12-4-1-9-5-10(25(29)30)2-3-11(9)12/h2-3,5,7-8,12-13,15-16,19,26-28H,1,4,6H2,(H,20,21,23)/t12?,13-,15-,16-,19-/m1/s1. The number of anilines is 1. The summed E-state index contributed by atoms with van der Waals surface area (Å²) in [6, 6.07) is 4.76. The molecule has 1 unspecified atom stereocenters. The number of nitro benzene ring substituents is 1. The number of aromatic nitrogens is 4. The Morgan fingerprint density at radius 3 is 2.84 bits per heavy atom. The van der Waals surface area contributed by atoms with E-state index in [0.717, 1.165) is 17.5 Å². The van der Waals surface area contributed by atoms with Crippen LogP contribution in [-0.2, 0) is 11.2 Å². The van der Waals surface area contributed by atoms with Crippen LogP contribution in [0.25, 0.3) is 11.2 Å². The molecule has 1 aromatic carbocycles. The summed E-state index contributed by atoms with van der Waals surface area (Å²) in [7, 11) is 0. The number of non-ortho nitro benzene ring substituents is 1. The summed E-state index contributed by atoms with van der Waals surface area (Å²) in [5.41, 5.74) is 2.82. The van der Waals surface area contributed by atoms with E-state index in [2.05, 4.69) is 20.3 Å². The number of benzene rings is 1. The van der Waals surface area contributed by atoms with Crippen molar-refractivity contribution >= 4 is 22.7 Å². The van der Waals surface area contributed by atoms with Crippen LogP contribution in [0.3, 0.4) is 0 Å². The highest BCUT2D eigenvalue weighted by molar-refractivity contribution is 5.83. The molecule has 0 saturated carbocycles. The minimum atomic E-state index is -1.25. The van der Waals surface area contributed by atoms with Crippen molar-refractivity contribution in [2.75, 3.05) is 11.9 Å². The fourth-order valence-corrected chi connectivity index (χ4v) is 4.29. The van der Waals surface area contributed by atoms with E-state index in [9.17, 15) is 25.4 Å². The van der Waals surface area contributed by atoms with Gasteiger partial charge < -0.3 is 25.4 Å². The molecule has 31 heavy (non-hydrogen) atoms. The third-order valence-electron chi connectivity index (χ3n) is 5.88. The zero-order valence-corrected chi connectivity index (χ0v) is 16.2. The van der Waals surface area contributed by atoms with Gasteiger partial charge in [0.2, 0.25) is 0 Å². The third kappa shape index (κ3) is 3.20. The van der Waals surface area contributed by atoms with E-state index in [-0.39, 0.29) is 11.7 Å². The number of hydrogen-bond acceptors (Lipinski definition) is 10. The van der Waals surface area contributed by atoms with Crippen molar-refractivity contribution in [1.29, 1.82) is 0 Å². The summed E-state index contributed by atoms with van der Waals surface area (Å²) >= 11 is 0.